The molecule has 0 unspecified atom stereocenters. The molecule has 18 heavy (non-hydrogen) atoms. The normalized spacial score (nSPS) is 10.3. The van der Waals surface area contributed by atoms with Gasteiger partial charge in [-0.05, 0) is 31.2 Å². The molecule has 0 saturated carbocycles. The summed E-state index contributed by atoms with van der Waals surface area (Å²) < 4.78 is 6.27. The Morgan fingerprint density at radius 3 is 2.72 bits per heavy atom. The van der Waals surface area contributed by atoms with E-state index in [-0.39, 0.29) is 23.7 Å². The summed E-state index contributed by atoms with van der Waals surface area (Å²) in [6.45, 7) is 2.00. The number of carbonyl (C=O) groups is 1. The van der Waals surface area contributed by atoms with Gasteiger partial charge in [-0.1, -0.05) is 0 Å². The summed E-state index contributed by atoms with van der Waals surface area (Å²) in [6.07, 6.45) is 1.36. The third-order valence-corrected chi connectivity index (χ3v) is 2.40. The number of aromatic nitrogens is 2. The Morgan fingerprint density at radius 1 is 1.44 bits per heavy atom. The molecule has 1 aromatic heterocycles. The van der Waals surface area contributed by atoms with Crippen molar-refractivity contribution in [2.75, 3.05) is 12.3 Å². The summed E-state index contributed by atoms with van der Waals surface area (Å²) in [4.78, 5) is 11.6. The van der Waals surface area contributed by atoms with Crippen molar-refractivity contribution >= 4 is 11.8 Å². The molecule has 3 N–H and O–H groups in total. The molecule has 0 spiro atoms. The van der Waals surface area contributed by atoms with Gasteiger partial charge in [0, 0.05) is 0 Å². The van der Waals surface area contributed by atoms with Crippen LogP contribution in [0.4, 0.5) is 5.82 Å². The van der Waals surface area contributed by atoms with E-state index in [4.69, 9.17) is 10.5 Å². The molecule has 0 bridgehead atoms. The standard InChI is InChI=1S/C12H13N3O3/c1-2-18-12(17)10-7-14-15(11(10)13)8-3-5-9(16)6-4-8/h3-7,16H,2,13H2,1H3. The molecule has 0 aliphatic carbocycles. The van der Waals surface area contributed by atoms with Crippen LogP contribution in [0.1, 0.15) is 17.3 Å². The van der Waals surface area contributed by atoms with Crippen molar-refractivity contribution in [3.8, 4) is 11.4 Å². The smallest absolute Gasteiger partial charge is 0.343 e. The molecule has 0 saturated heterocycles. The zero-order chi connectivity index (χ0) is 13.1. The highest BCUT2D eigenvalue weighted by molar-refractivity contribution is 5.94. The number of rotatable bonds is 3. The summed E-state index contributed by atoms with van der Waals surface area (Å²) >= 11 is 0. The van der Waals surface area contributed by atoms with Crippen LogP contribution in [0, 0.1) is 0 Å². The van der Waals surface area contributed by atoms with Gasteiger partial charge < -0.3 is 15.6 Å². The van der Waals surface area contributed by atoms with Gasteiger partial charge >= 0.3 is 5.97 Å². The molecule has 0 fully saturated rings. The van der Waals surface area contributed by atoms with Gasteiger partial charge in [0.1, 0.15) is 17.1 Å². The van der Waals surface area contributed by atoms with E-state index < -0.39 is 5.97 Å². The molecule has 0 aliphatic rings. The fourth-order valence-electron chi connectivity index (χ4n) is 1.52. The second kappa shape index (κ2) is 4.79. The fourth-order valence-corrected chi connectivity index (χ4v) is 1.52. The maximum atomic E-state index is 11.6. The number of benzene rings is 1. The highest BCUT2D eigenvalue weighted by atomic mass is 16.5. The maximum Gasteiger partial charge on any atom is 0.343 e. The predicted molar refractivity (Wildman–Crippen MR) is 65.6 cm³/mol. The van der Waals surface area contributed by atoms with Crippen LogP contribution in [0.25, 0.3) is 5.69 Å². The summed E-state index contributed by atoms with van der Waals surface area (Å²) in [6, 6.07) is 6.32. The number of phenolic OH excluding ortho intramolecular Hbond substituents is 1. The molecule has 6 heteroatoms. The number of nitrogens with two attached hydrogens (primary N) is 1. The SMILES string of the molecule is CCOC(=O)c1cnn(-c2ccc(O)cc2)c1N. The lowest BCUT2D eigenvalue weighted by Gasteiger charge is -2.05. The lowest BCUT2D eigenvalue weighted by molar-refractivity contribution is 0.0527. The number of anilines is 1. The van der Waals surface area contributed by atoms with Gasteiger partial charge in [-0.3, -0.25) is 0 Å². The highest BCUT2D eigenvalue weighted by Crippen LogP contribution is 2.19. The number of esters is 1. The minimum Gasteiger partial charge on any atom is -0.508 e. The lowest BCUT2D eigenvalue weighted by Crippen LogP contribution is -2.08. The molecule has 1 aromatic carbocycles. The largest absolute Gasteiger partial charge is 0.508 e. The number of phenols is 1. The van der Waals surface area contributed by atoms with Crippen LogP contribution in [-0.2, 0) is 4.74 Å². The molecular weight excluding hydrogens is 234 g/mol. The van der Waals surface area contributed by atoms with Crippen LogP contribution in [0.3, 0.4) is 0 Å². The van der Waals surface area contributed by atoms with Crippen molar-refractivity contribution in [2.45, 2.75) is 6.92 Å². The predicted octanol–water partition coefficient (Wildman–Crippen LogP) is 1.34. The van der Waals surface area contributed by atoms with E-state index in [1.165, 1.54) is 23.0 Å². The van der Waals surface area contributed by atoms with Crippen LogP contribution in [0.5, 0.6) is 5.75 Å². The molecule has 1 heterocycles. The summed E-state index contributed by atoms with van der Waals surface area (Å²) in [7, 11) is 0. The van der Waals surface area contributed by atoms with Gasteiger partial charge in [-0.15, -0.1) is 0 Å². The van der Waals surface area contributed by atoms with Gasteiger partial charge in [0.15, 0.2) is 0 Å². The van der Waals surface area contributed by atoms with E-state index in [0.29, 0.717) is 5.69 Å². The number of aromatic hydroxyl groups is 1. The number of hydrogen-bond acceptors (Lipinski definition) is 5. The number of nitrogen functional groups attached to an aromatic ring is 1. The molecule has 0 aliphatic heterocycles. The molecule has 0 amide bonds. The molecular formula is C12H13N3O3. The minimum absolute atomic E-state index is 0.148. The van der Waals surface area contributed by atoms with Gasteiger partial charge in [-0.25, -0.2) is 9.48 Å². The summed E-state index contributed by atoms with van der Waals surface area (Å²) in [5, 5.41) is 13.2. The Balaban J connectivity index is 2.36. The van der Waals surface area contributed by atoms with Gasteiger partial charge in [0.2, 0.25) is 0 Å². The van der Waals surface area contributed by atoms with E-state index in [0.717, 1.165) is 0 Å². The minimum atomic E-state index is -0.500. The number of carbonyl (C=O) groups excluding carboxylic acids is 1. The van der Waals surface area contributed by atoms with Crippen molar-refractivity contribution in [3.05, 3.63) is 36.0 Å². The van der Waals surface area contributed by atoms with Crippen LogP contribution < -0.4 is 5.73 Å². The zero-order valence-corrected chi connectivity index (χ0v) is 9.83. The van der Waals surface area contributed by atoms with Crippen molar-refractivity contribution < 1.29 is 14.6 Å². The Kier molecular flexibility index (Phi) is 3.18. The lowest BCUT2D eigenvalue weighted by atomic mass is 10.3. The van der Waals surface area contributed by atoms with Crippen LogP contribution in [-0.4, -0.2) is 27.5 Å². The molecule has 6 nitrogen and oxygen atoms in total. The first kappa shape index (κ1) is 12.0. The average molecular weight is 247 g/mol. The van der Waals surface area contributed by atoms with Crippen LogP contribution >= 0.6 is 0 Å². The Bertz CT molecular complexity index is 560. The molecule has 94 valence electrons. The Labute approximate surface area is 104 Å². The third-order valence-electron chi connectivity index (χ3n) is 2.40. The van der Waals surface area contributed by atoms with E-state index in [1.54, 1.807) is 19.1 Å². The zero-order valence-electron chi connectivity index (χ0n) is 9.83. The first-order valence-corrected chi connectivity index (χ1v) is 5.43. The maximum absolute atomic E-state index is 11.6. The van der Waals surface area contributed by atoms with Gasteiger partial charge in [-0.2, -0.15) is 5.10 Å². The third kappa shape index (κ3) is 2.13. The van der Waals surface area contributed by atoms with E-state index in [1.807, 2.05) is 0 Å². The molecule has 0 atom stereocenters. The van der Waals surface area contributed by atoms with Crippen LogP contribution in [0.15, 0.2) is 30.5 Å². The number of ether oxygens (including phenoxy) is 1. The fraction of sp³-hybridized carbons (Fsp3) is 0.167. The highest BCUT2D eigenvalue weighted by Gasteiger charge is 2.16. The summed E-state index contributed by atoms with van der Waals surface area (Å²) in [5.41, 5.74) is 6.72. The topological polar surface area (TPSA) is 90.4 Å². The average Bonchev–Trinajstić information content (AvgIpc) is 2.73. The van der Waals surface area contributed by atoms with E-state index in [9.17, 15) is 9.90 Å². The Hall–Kier alpha value is -2.50. The first-order valence-electron chi connectivity index (χ1n) is 5.43. The molecule has 0 radical (unpaired) electrons. The second-order valence-corrected chi connectivity index (χ2v) is 3.59. The van der Waals surface area contributed by atoms with Crippen molar-refractivity contribution in [2.24, 2.45) is 0 Å². The monoisotopic (exact) mass is 247 g/mol. The van der Waals surface area contributed by atoms with Crippen LogP contribution in [0.2, 0.25) is 0 Å². The van der Waals surface area contributed by atoms with E-state index in [2.05, 4.69) is 5.10 Å². The van der Waals surface area contributed by atoms with E-state index >= 15 is 0 Å². The number of hydrogen-bond donors (Lipinski definition) is 2. The van der Waals surface area contributed by atoms with Gasteiger partial charge in [0.05, 0.1) is 18.5 Å². The van der Waals surface area contributed by atoms with Gasteiger partial charge in [0.25, 0.3) is 0 Å². The molecule has 2 rings (SSSR count). The first-order chi connectivity index (χ1) is 8.63. The van der Waals surface area contributed by atoms with Crippen molar-refractivity contribution in [1.82, 2.24) is 9.78 Å². The number of nitrogens with zero attached hydrogens (tertiary/aromatic N) is 2. The molecule has 2 aromatic rings. The van der Waals surface area contributed by atoms with Crippen molar-refractivity contribution in [1.29, 1.82) is 0 Å². The summed E-state index contributed by atoms with van der Waals surface area (Å²) in [5.74, 6) is -0.144. The van der Waals surface area contributed by atoms with Crippen molar-refractivity contribution in [3.63, 3.8) is 0 Å². The Morgan fingerprint density at radius 2 is 2.11 bits per heavy atom. The second-order valence-electron chi connectivity index (χ2n) is 3.59. The quantitative estimate of drug-likeness (QED) is 0.799.